The largest absolute Gasteiger partial charge is 0.387 e. The molecular weight excluding hydrogens is 344 g/mol. The minimum absolute atomic E-state index is 0.0567. The molecule has 0 spiro atoms. The molecule has 1 fully saturated rings. The Bertz CT molecular complexity index is 715. The fraction of sp³-hybridized carbons (Fsp3) is 0.476. The smallest absolute Gasteiger partial charge is 0.227 e. The first-order valence-electron chi connectivity index (χ1n) is 9.31. The number of thiophene rings is 1. The van der Waals surface area contributed by atoms with Crippen LogP contribution in [0.25, 0.3) is 0 Å². The molecule has 5 heteroatoms. The van der Waals surface area contributed by atoms with E-state index < -0.39 is 5.60 Å². The summed E-state index contributed by atoms with van der Waals surface area (Å²) in [6.07, 6.45) is 1.18. The van der Waals surface area contributed by atoms with Gasteiger partial charge in [0, 0.05) is 36.1 Å². The number of hydrogen-bond donors (Lipinski definition) is 1. The van der Waals surface area contributed by atoms with E-state index in [1.165, 1.54) is 4.88 Å². The van der Waals surface area contributed by atoms with Gasteiger partial charge in [0.25, 0.3) is 0 Å². The zero-order chi connectivity index (χ0) is 18.7. The molecule has 0 bridgehead atoms. The number of anilines is 1. The topological polar surface area (TPSA) is 43.8 Å². The van der Waals surface area contributed by atoms with Gasteiger partial charge in [-0.1, -0.05) is 31.2 Å². The maximum absolute atomic E-state index is 12.7. The van der Waals surface area contributed by atoms with Gasteiger partial charge in [0.1, 0.15) is 0 Å². The molecule has 4 nitrogen and oxygen atoms in total. The Morgan fingerprint density at radius 1 is 1.35 bits per heavy atom. The summed E-state index contributed by atoms with van der Waals surface area (Å²) >= 11 is 1.75. The Balaban J connectivity index is 1.83. The number of aliphatic hydroxyl groups is 1. The summed E-state index contributed by atoms with van der Waals surface area (Å²) in [5, 5.41) is 13.4. The molecule has 1 aromatic carbocycles. The highest BCUT2D eigenvalue weighted by Crippen LogP contribution is 2.35. The quantitative estimate of drug-likeness (QED) is 0.860. The second-order valence-corrected chi connectivity index (χ2v) is 8.26. The van der Waals surface area contributed by atoms with Gasteiger partial charge in [-0.05, 0) is 43.8 Å². The van der Waals surface area contributed by atoms with Crippen LogP contribution in [0.15, 0.2) is 47.8 Å². The lowest BCUT2D eigenvalue weighted by molar-refractivity contribution is -0.121. The third kappa shape index (κ3) is 3.85. The molecule has 0 saturated carbocycles. The average molecular weight is 373 g/mol. The minimum Gasteiger partial charge on any atom is -0.387 e. The van der Waals surface area contributed by atoms with Crippen LogP contribution in [0.5, 0.6) is 0 Å². The van der Waals surface area contributed by atoms with Gasteiger partial charge in [-0.25, -0.2) is 0 Å². The Kier molecular flexibility index (Phi) is 5.80. The number of nitrogens with zero attached hydrogens (tertiary/aromatic N) is 2. The van der Waals surface area contributed by atoms with E-state index in [-0.39, 0.29) is 18.0 Å². The Morgan fingerprint density at radius 3 is 2.65 bits per heavy atom. The summed E-state index contributed by atoms with van der Waals surface area (Å²) in [6, 6.07) is 14.0. The lowest BCUT2D eigenvalue weighted by atomic mass is 9.86. The molecule has 1 unspecified atom stereocenters. The monoisotopic (exact) mass is 372 g/mol. The van der Waals surface area contributed by atoms with Crippen LogP contribution in [-0.2, 0) is 4.79 Å². The number of piperidine rings is 1. The normalized spacial score (nSPS) is 25.0. The maximum atomic E-state index is 12.7. The molecule has 1 aliphatic heterocycles. The zero-order valence-electron chi connectivity index (χ0n) is 15.8. The van der Waals surface area contributed by atoms with Crippen molar-refractivity contribution in [1.82, 2.24) is 4.90 Å². The number of hydrogen-bond acceptors (Lipinski definition) is 4. The number of carbonyl (C=O) groups is 1. The Labute approximate surface area is 160 Å². The van der Waals surface area contributed by atoms with Gasteiger partial charge >= 0.3 is 0 Å². The van der Waals surface area contributed by atoms with E-state index in [1.54, 1.807) is 11.3 Å². The summed E-state index contributed by atoms with van der Waals surface area (Å²) in [6.45, 7) is 7.34. The first-order valence-corrected chi connectivity index (χ1v) is 10.2. The second-order valence-electron chi connectivity index (χ2n) is 7.28. The second kappa shape index (κ2) is 7.91. The van der Waals surface area contributed by atoms with Gasteiger partial charge in [0.15, 0.2) is 0 Å². The van der Waals surface area contributed by atoms with Crippen molar-refractivity contribution in [3.05, 3.63) is 52.7 Å². The summed E-state index contributed by atoms with van der Waals surface area (Å²) in [5.41, 5.74) is -0.103. The molecule has 26 heavy (non-hydrogen) atoms. The fourth-order valence-corrected chi connectivity index (χ4v) is 4.72. The van der Waals surface area contributed by atoms with E-state index >= 15 is 0 Å². The van der Waals surface area contributed by atoms with Gasteiger partial charge < -0.3 is 10.0 Å². The predicted octanol–water partition coefficient (Wildman–Crippen LogP) is 4.08. The zero-order valence-corrected chi connectivity index (χ0v) is 16.6. The summed E-state index contributed by atoms with van der Waals surface area (Å²) in [7, 11) is 0. The molecule has 140 valence electrons. The molecule has 1 N–H and O–H groups in total. The van der Waals surface area contributed by atoms with Crippen LogP contribution in [0.3, 0.4) is 0 Å². The average Bonchev–Trinajstić information content (AvgIpc) is 3.17. The van der Waals surface area contributed by atoms with Crippen molar-refractivity contribution in [3.8, 4) is 0 Å². The van der Waals surface area contributed by atoms with Crippen molar-refractivity contribution >= 4 is 22.9 Å². The fourth-order valence-electron chi connectivity index (χ4n) is 3.90. The van der Waals surface area contributed by atoms with E-state index in [0.717, 1.165) is 18.7 Å². The van der Waals surface area contributed by atoms with Crippen molar-refractivity contribution < 1.29 is 9.90 Å². The van der Waals surface area contributed by atoms with Crippen LogP contribution in [0.2, 0.25) is 0 Å². The Hall–Kier alpha value is -1.69. The molecule has 0 aliphatic carbocycles. The Morgan fingerprint density at radius 2 is 2.08 bits per heavy atom. The van der Waals surface area contributed by atoms with E-state index in [2.05, 4.69) is 29.3 Å². The minimum atomic E-state index is -0.968. The number of carbonyl (C=O) groups excluding carboxylic acids is 1. The van der Waals surface area contributed by atoms with Gasteiger partial charge in [-0.3, -0.25) is 9.69 Å². The number of likely N-dealkylation sites (tertiary alicyclic amines) is 1. The SMILES string of the molecule is CCC(=O)N(c1ccccc1)[C@@H]1CCN(C(C)c2cccs2)C[C@@]1(C)O. The van der Waals surface area contributed by atoms with Gasteiger partial charge in [0.05, 0.1) is 11.6 Å². The van der Waals surface area contributed by atoms with Crippen molar-refractivity contribution in [2.45, 2.75) is 51.3 Å². The molecule has 3 atom stereocenters. The molecule has 2 aromatic rings. The van der Waals surface area contributed by atoms with Crippen LogP contribution >= 0.6 is 11.3 Å². The highest BCUT2D eigenvalue weighted by atomic mass is 32.1. The molecule has 3 rings (SSSR count). The molecule has 1 aromatic heterocycles. The number of β-amino-alcohol motifs (C(OH)–C–C–N with tert-alkyl or cyclic N) is 1. The number of amides is 1. The number of benzene rings is 1. The van der Waals surface area contributed by atoms with E-state index in [0.29, 0.717) is 13.0 Å². The van der Waals surface area contributed by atoms with Gasteiger partial charge in [-0.2, -0.15) is 0 Å². The predicted molar refractivity (Wildman–Crippen MR) is 108 cm³/mol. The highest BCUT2D eigenvalue weighted by Gasteiger charge is 2.44. The van der Waals surface area contributed by atoms with Gasteiger partial charge in [-0.15, -0.1) is 11.3 Å². The van der Waals surface area contributed by atoms with Crippen LogP contribution in [0, 0.1) is 0 Å². The third-order valence-electron chi connectivity index (χ3n) is 5.35. The van der Waals surface area contributed by atoms with E-state index in [1.807, 2.05) is 49.1 Å². The molecular formula is C21H28N2O2S. The van der Waals surface area contributed by atoms with E-state index in [4.69, 9.17) is 0 Å². The first-order chi connectivity index (χ1) is 12.4. The highest BCUT2D eigenvalue weighted by molar-refractivity contribution is 7.10. The van der Waals surface area contributed by atoms with Crippen molar-refractivity contribution in [2.75, 3.05) is 18.0 Å². The van der Waals surface area contributed by atoms with Gasteiger partial charge in [0.2, 0.25) is 5.91 Å². The van der Waals surface area contributed by atoms with Crippen LogP contribution in [-0.4, -0.2) is 40.6 Å². The molecule has 0 radical (unpaired) electrons. The molecule has 2 heterocycles. The summed E-state index contributed by atoms with van der Waals surface area (Å²) in [5.74, 6) is 0.0567. The van der Waals surface area contributed by atoms with Crippen LogP contribution in [0.1, 0.15) is 44.5 Å². The lowest BCUT2D eigenvalue weighted by Gasteiger charge is -2.49. The number of rotatable bonds is 5. The maximum Gasteiger partial charge on any atom is 0.227 e. The lowest BCUT2D eigenvalue weighted by Crippen LogP contribution is -2.62. The van der Waals surface area contributed by atoms with Crippen molar-refractivity contribution in [2.24, 2.45) is 0 Å². The van der Waals surface area contributed by atoms with Crippen LogP contribution in [0.4, 0.5) is 5.69 Å². The van der Waals surface area contributed by atoms with E-state index in [9.17, 15) is 9.90 Å². The standard InChI is InChI=1S/C21H28N2O2S/c1-4-20(24)23(17-9-6-5-7-10-17)19-12-13-22(15-21(19,3)25)16(2)18-11-8-14-26-18/h5-11,14,16,19,25H,4,12-13,15H2,1-3H3/t16?,19-,21-/m1/s1. The summed E-state index contributed by atoms with van der Waals surface area (Å²) < 4.78 is 0. The molecule has 1 saturated heterocycles. The van der Waals surface area contributed by atoms with Crippen LogP contribution < -0.4 is 4.90 Å². The molecule has 1 amide bonds. The number of para-hydroxylation sites is 1. The summed E-state index contributed by atoms with van der Waals surface area (Å²) in [4.78, 5) is 18.1. The first kappa shape index (κ1) is 19.1. The third-order valence-corrected chi connectivity index (χ3v) is 6.39. The molecule has 1 aliphatic rings. The van der Waals surface area contributed by atoms with Crippen molar-refractivity contribution in [3.63, 3.8) is 0 Å². The van der Waals surface area contributed by atoms with Crippen molar-refractivity contribution in [1.29, 1.82) is 0 Å².